The number of carbonyl (C=O) groups excluding carboxylic acids is 5. The second-order valence-electron chi connectivity index (χ2n) is 13.7. The van der Waals surface area contributed by atoms with Crippen LogP contribution in [0.3, 0.4) is 0 Å². The van der Waals surface area contributed by atoms with Gasteiger partial charge >= 0.3 is 18.2 Å². The normalized spacial score (nSPS) is 17.4. The van der Waals surface area contributed by atoms with Crippen molar-refractivity contribution in [3.8, 4) is 0 Å². The van der Waals surface area contributed by atoms with Crippen LogP contribution in [-0.2, 0) is 41.8 Å². The molecule has 4 amide bonds. The summed E-state index contributed by atoms with van der Waals surface area (Å²) in [5.74, 6) is -1.10. The Morgan fingerprint density at radius 3 is 2.04 bits per heavy atom. The van der Waals surface area contributed by atoms with Crippen LogP contribution >= 0.6 is 0 Å². The highest BCUT2D eigenvalue weighted by Gasteiger charge is 2.32. The van der Waals surface area contributed by atoms with Gasteiger partial charge in [0.1, 0.15) is 24.9 Å². The Bertz CT molecular complexity index is 1390. The summed E-state index contributed by atoms with van der Waals surface area (Å²) in [6.07, 6.45) is 2.93. The predicted octanol–water partition coefficient (Wildman–Crippen LogP) is 4.81. The van der Waals surface area contributed by atoms with Crippen LogP contribution in [0.5, 0.6) is 0 Å². The Balaban J connectivity index is 1.24. The highest BCUT2D eigenvalue weighted by molar-refractivity contribution is 5.84. The molecule has 0 aromatic heterocycles. The molecule has 49 heavy (non-hydrogen) atoms. The van der Waals surface area contributed by atoms with Gasteiger partial charge in [0.15, 0.2) is 0 Å². The number of alkyl carbamates (subject to hydrolysis) is 1. The van der Waals surface area contributed by atoms with Gasteiger partial charge in [0.05, 0.1) is 5.92 Å². The zero-order valence-corrected chi connectivity index (χ0v) is 28.9. The molecule has 2 heterocycles. The average molecular weight is 679 g/mol. The molecular weight excluding hydrogens is 628 g/mol. The molecule has 2 atom stereocenters. The van der Waals surface area contributed by atoms with Crippen molar-refractivity contribution >= 4 is 30.0 Å². The van der Waals surface area contributed by atoms with E-state index in [1.165, 1.54) is 0 Å². The molecule has 0 spiro atoms. The van der Waals surface area contributed by atoms with E-state index in [-0.39, 0.29) is 44.2 Å². The van der Waals surface area contributed by atoms with E-state index < -0.39 is 29.6 Å². The Hall–Kier alpha value is -4.61. The molecule has 0 saturated carbocycles. The van der Waals surface area contributed by atoms with Crippen LogP contribution < -0.4 is 10.6 Å². The number of piperidine rings is 2. The molecule has 2 fully saturated rings. The van der Waals surface area contributed by atoms with Crippen molar-refractivity contribution in [3.05, 3.63) is 71.8 Å². The SMILES string of the molecule is CC(C)(C)OC(=O)N1CCC(CCC(=O)N2CCC[C@@H](C(=O)NCC(NC(=O)OCc3ccccc3)C(=O)OCc3ccccc3)C2)CC1. The summed E-state index contributed by atoms with van der Waals surface area (Å²) in [5.41, 5.74) is 1.03. The Morgan fingerprint density at radius 1 is 0.816 bits per heavy atom. The summed E-state index contributed by atoms with van der Waals surface area (Å²) < 4.78 is 16.2. The number of nitrogens with one attached hydrogen (secondary N) is 2. The van der Waals surface area contributed by atoms with Crippen molar-refractivity contribution in [2.45, 2.75) is 84.2 Å². The molecule has 2 N–H and O–H groups in total. The number of likely N-dealkylation sites (tertiary alicyclic amines) is 2. The first-order valence-corrected chi connectivity index (χ1v) is 17.2. The van der Waals surface area contributed by atoms with Crippen LogP contribution in [0.15, 0.2) is 60.7 Å². The summed E-state index contributed by atoms with van der Waals surface area (Å²) in [7, 11) is 0. The van der Waals surface area contributed by atoms with Gasteiger partial charge in [-0.05, 0) is 69.9 Å². The second kappa shape index (κ2) is 18.2. The molecule has 0 radical (unpaired) electrons. The molecule has 2 aliphatic heterocycles. The molecule has 12 nitrogen and oxygen atoms in total. The highest BCUT2D eigenvalue weighted by Crippen LogP contribution is 2.25. The number of hydrogen-bond donors (Lipinski definition) is 2. The smallest absolute Gasteiger partial charge is 0.410 e. The van der Waals surface area contributed by atoms with Crippen LogP contribution in [0.4, 0.5) is 9.59 Å². The van der Waals surface area contributed by atoms with Gasteiger partial charge in [-0.3, -0.25) is 9.59 Å². The Labute approximate surface area is 288 Å². The average Bonchev–Trinajstić information content (AvgIpc) is 3.10. The molecule has 1 unspecified atom stereocenters. The predicted molar refractivity (Wildman–Crippen MR) is 182 cm³/mol. The number of ether oxygens (including phenoxy) is 3. The summed E-state index contributed by atoms with van der Waals surface area (Å²) >= 11 is 0. The lowest BCUT2D eigenvalue weighted by molar-refractivity contribution is -0.147. The van der Waals surface area contributed by atoms with E-state index in [1.54, 1.807) is 9.80 Å². The van der Waals surface area contributed by atoms with Gasteiger partial charge in [-0.1, -0.05) is 60.7 Å². The fourth-order valence-electron chi connectivity index (χ4n) is 5.91. The summed E-state index contributed by atoms with van der Waals surface area (Å²) in [5, 5.41) is 5.32. The second-order valence-corrected chi connectivity index (χ2v) is 13.7. The lowest BCUT2D eigenvalue weighted by Crippen LogP contribution is -2.51. The van der Waals surface area contributed by atoms with Gasteiger partial charge in [-0.15, -0.1) is 0 Å². The summed E-state index contributed by atoms with van der Waals surface area (Å²) in [6.45, 7) is 7.48. The van der Waals surface area contributed by atoms with Crippen molar-refractivity contribution in [3.63, 3.8) is 0 Å². The minimum absolute atomic E-state index is 0.00735. The van der Waals surface area contributed by atoms with Gasteiger partial charge in [0.2, 0.25) is 11.8 Å². The summed E-state index contributed by atoms with van der Waals surface area (Å²) in [4.78, 5) is 67.9. The minimum Gasteiger partial charge on any atom is -0.459 e. The van der Waals surface area contributed by atoms with E-state index in [0.717, 1.165) is 30.4 Å². The minimum atomic E-state index is -1.18. The van der Waals surface area contributed by atoms with Crippen molar-refractivity contribution in [1.29, 1.82) is 0 Å². The van der Waals surface area contributed by atoms with Gasteiger partial charge in [-0.2, -0.15) is 0 Å². The molecule has 0 aliphatic carbocycles. The number of benzene rings is 2. The number of hydrogen-bond acceptors (Lipinski definition) is 8. The van der Waals surface area contributed by atoms with E-state index in [1.807, 2.05) is 81.4 Å². The van der Waals surface area contributed by atoms with Gasteiger partial charge in [0.25, 0.3) is 0 Å². The largest absolute Gasteiger partial charge is 0.459 e. The van der Waals surface area contributed by atoms with Crippen molar-refractivity contribution in [2.24, 2.45) is 11.8 Å². The number of amides is 4. The number of rotatable bonds is 12. The highest BCUT2D eigenvalue weighted by atomic mass is 16.6. The number of carbonyl (C=O) groups is 5. The molecule has 12 heteroatoms. The molecule has 2 aromatic carbocycles. The molecular formula is C37H50N4O8. The van der Waals surface area contributed by atoms with Crippen LogP contribution in [0.2, 0.25) is 0 Å². The van der Waals surface area contributed by atoms with E-state index in [2.05, 4.69) is 10.6 Å². The van der Waals surface area contributed by atoms with Crippen molar-refractivity contribution < 1.29 is 38.2 Å². The van der Waals surface area contributed by atoms with Crippen molar-refractivity contribution in [2.75, 3.05) is 32.7 Å². The van der Waals surface area contributed by atoms with E-state index in [4.69, 9.17) is 14.2 Å². The zero-order valence-electron chi connectivity index (χ0n) is 28.9. The number of esters is 1. The molecule has 2 aromatic rings. The topological polar surface area (TPSA) is 144 Å². The zero-order chi connectivity index (χ0) is 35.2. The molecule has 2 aliphatic rings. The van der Waals surface area contributed by atoms with Crippen LogP contribution in [0.25, 0.3) is 0 Å². The molecule has 2 saturated heterocycles. The van der Waals surface area contributed by atoms with Crippen LogP contribution in [-0.4, -0.2) is 84.1 Å². The van der Waals surface area contributed by atoms with Crippen LogP contribution in [0, 0.1) is 11.8 Å². The molecule has 4 rings (SSSR count). The fraction of sp³-hybridized carbons (Fsp3) is 0.541. The fourth-order valence-corrected chi connectivity index (χ4v) is 5.91. The third-order valence-corrected chi connectivity index (χ3v) is 8.67. The standard InChI is InChI=1S/C37H50N4O8/c1-37(2,3)49-36(46)40-21-18-27(19-22-40)16-17-32(42)41-20-10-15-30(24-41)33(43)38-23-31(34(44)47-25-28-11-6-4-7-12-28)39-35(45)48-26-29-13-8-5-9-14-29/h4-9,11-14,27,30-31H,10,15-26H2,1-3H3,(H,38,43)(H,39,45)/t30-,31?/m1/s1. The van der Waals surface area contributed by atoms with Crippen molar-refractivity contribution in [1.82, 2.24) is 20.4 Å². The monoisotopic (exact) mass is 678 g/mol. The Kier molecular flexibility index (Phi) is 13.8. The van der Waals surface area contributed by atoms with E-state index in [0.29, 0.717) is 44.8 Å². The quantitative estimate of drug-likeness (QED) is 0.241. The lowest BCUT2D eigenvalue weighted by Gasteiger charge is -2.34. The lowest BCUT2D eigenvalue weighted by atomic mass is 9.91. The maximum absolute atomic E-state index is 13.3. The Morgan fingerprint density at radius 2 is 1.43 bits per heavy atom. The first-order valence-electron chi connectivity index (χ1n) is 17.2. The third kappa shape index (κ3) is 12.7. The summed E-state index contributed by atoms with van der Waals surface area (Å²) in [6, 6.07) is 17.1. The maximum atomic E-state index is 13.3. The van der Waals surface area contributed by atoms with E-state index >= 15 is 0 Å². The third-order valence-electron chi connectivity index (χ3n) is 8.67. The molecule has 0 bridgehead atoms. The first kappa shape index (κ1) is 37.2. The van der Waals surface area contributed by atoms with Gasteiger partial charge < -0.3 is 34.6 Å². The molecule has 266 valence electrons. The van der Waals surface area contributed by atoms with Gasteiger partial charge in [-0.25, -0.2) is 14.4 Å². The van der Waals surface area contributed by atoms with E-state index in [9.17, 15) is 24.0 Å². The first-order chi connectivity index (χ1) is 23.5. The maximum Gasteiger partial charge on any atom is 0.410 e. The number of nitrogens with zero attached hydrogens (tertiary/aromatic N) is 2. The van der Waals surface area contributed by atoms with Crippen LogP contribution in [0.1, 0.15) is 70.4 Å². The van der Waals surface area contributed by atoms with Gasteiger partial charge in [0, 0.05) is 39.1 Å².